The fraction of sp³-hybridized carbons (Fsp3) is 0.391. The predicted molar refractivity (Wildman–Crippen MR) is 114 cm³/mol. The van der Waals surface area contributed by atoms with Crippen LogP contribution in [0.2, 0.25) is 0 Å². The molecule has 2 aromatic rings. The SMILES string of the molecule is COc1ccc(C(=O)NCC(=O)N(C)Cc2ccc(N3CCCCC3)cc2)cc1. The molecule has 0 saturated carbocycles. The van der Waals surface area contributed by atoms with Gasteiger partial charge in [0.25, 0.3) is 5.91 Å². The smallest absolute Gasteiger partial charge is 0.251 e. The monoisotopic (exact) mass is 395 g/mol. The van der Waals surface area contributed by atoms with Crippen LogP contribution < -0.4 is 15.0 Å². The lowest BCUT2D eigenvalue weighted by atomic mass is 10.1. The van der Waals surface area contributed by atoms with Crippen molar-refractivity contribution in [2.24, 2.45) is 0 Å². The van der Waals surface area contributed by atoms with E-state index in [2.05, 4.69) is 34.5 Å². The van der Waals surface area contributed by atoms with Crippen LogP contribution in [0.3, 0.4) is 0 Å². The van der Waals surface area contributed by atoms with Crippen molar-refractivity contribution >= 4 is 17.5 Å². The lowest BCUT2D eigenvalue weighted by molar-refractivity contribution is -0.129. The molecule has 29 heavy (non-hydrogen) atoms. The minimum atomic E-state index is -0.278. The van der Waals surface area contributed by atoms with E-state index < -0.39 is 0 Å². The maximum absolute atomic E-state index is 12.4. The van der Waals surface area contributed by atoms with E-state index in [0.29, 0.717) is 17.9 Å². The number of methoxy groups -OCH3 is 1. The van der Waals surface area contributed by atoms with Gasteiger partial charge in [0.15, 0.2) is 0 Å². The minimum absolute atomic E-state index is 0.0345. The highest BCUT2D eigenvalue weighted by atomic mass is 16.5. The Kier molecular flexibility index (Phi) is 7.11. The summed E-state index contributed by atoms with van der Waals surface area (Å²) in [5, 5.41) is 2.68. The Morgan fingerprint density at radius 3 is 2.28 bits per heavy atom. The summed E-state index contributed by atoms with van der Waals surface area (Å²) in [5.41, 5.74) is 2.81. The van der Waals surface area contributed by atoms with Crippen molar-refractivity contribution in [1.29, 1.82) is 0 Å². The van der Waals surface area contributed by atoms with Gasteiger partial charge >= 0.3 is 0 Å². The third kappa shape index (κ3) is 5.73. The van der Waals surface area contributed by atoms with Crippen LogP contribution in [-0.2, 0) is 11.3 Å². The van der Waals surface area contributed by atoms with E-state index >= 15 is 0 Å². The first-order valence-electron chi connectivity index (χ1n) is 10.1. The molecule has 154 valence electrons. The van der Waals surface area contributed by atoms with Crippen molar-refractivity contribution in [2.45, 2.75) is 25.8 Å². The molecule has 0 unspecified atom stereocenters. The van der Waals surface area contributed by atoms with E-state index in [-0.39, 0.29) is 18.4 Å². The number of hydrogen-bond donors (Lipinski definition) is 1. The van der Waals surface area contributed by atoms with Crippen LogP contribution >= 0.6 is 0 Å². The second-order valence-corrected chi connectivity index (χ2v) is 7.38. The summed E-state index contributed by atoms with van der Waals surface area (Å²) in [4.78, 5) is 28.6. The second-order valence-electron chi connectivity index (χ2n) is 7.38. The van der Waals surface area contributed by atoms with Crippen LogP contribution in [0.4, 0.5) is 5.69 Å². The van der Waals surface area contributed by atoms with Gasteiger partial charge in [-0.25, -0.2) is 0 Å². The Hall–Kier alpha value is -3.02. The Bertz CT molecular complexity index is 812. The molecular formula is C23H29N3O3. The molecule has 1 heterocycles. The summed E-state index contributed by atoms with van der Waals surface area (Å²) < 4.78 is 5.08. The van der Waals surface area contributed by atoms with Crippen LogP contribution in [-0.4, -0.2) is 50.5 Å². The number of carbonyl (C=O) groups is 2. The van der Waals surface area contributed by atoms with Crippen molar-refractivity contribution in [3.63, 3.8) is 0 Å². The van der Waals surface area contributed by atoms with Crippen LogP contribution in [0.1, 0.15) is 35.2 Å². The number of likely N-dealkylation sites (N-methyl/N-ethyl adjacent to an activating group) is 1. The molecular weight excluding hydrogens is 366 g/mol. The number of carbonyl (C=O) groups excluding carboxylic acids is 2. The first-order valence-corrected chi connectivity index (χ1v) is 10.1. The van der Waals surface area contributed by atoms with Crippen LogP contribution in [0.15, 0.2) is 48.5 Å². The van der Waals surface area contributed by atoms with E-state index in [1.807, 2.05) is 0 Å². The zero-order chi connectivity index (χ0) is 20.6. The molecule has 0 aromatic heterocycles. The van der Waals surface area contributed by atoms with E-state index in [1.165, 1.54) is 24.9 Å². The average Bonchev–Trinajstić information content (AvgIpc) is 2.78. The molecule has 3 rings (SSSR count). The van der Waals surface area contributed by atoms with Gasteiger partial charge < -0.3 is 19.9 Å². The summed E-state index contributed by atoms with van der Waals surface area (Å²) in [7, 11) is 3.32. The number of rotatable bonds is 7. The Labute approximate surface area is 172 Å². The number of amides is 2. The molecule has 6 heteroatoms. The molecule has 0 aliphatic carbocycles. The molecule has 2 amide bonds. The fourth-order valence-corrected chi connectivity index (χ4v) is 3.46. The molecule has 6 nitrogen and oxygen atoms in total. The highest BCUT2D eigenvalue weighted by Gasteiger charge is 2.14. The molecule has 0 spiro atoms. The van der Waals surface area contributed by atoms with Crippen LogP contribution in [0.25, 0.3) is 0 Å². The maximum atomic E-state index is 12.4. The summed E-state index contributed by atoms with van der Waals surface area (Å²) in [6.07, 6.45) is 3.82. The van der Waals surface area contributed by atoms with Gasteiger partial charge in [-0.2, -0.15) is 0 Å². The van der Waals surface area contributed by atoms with Gasteiger partial charge in [0, 0.05) is 37.9 Å². The van der Waals surface area contributed by atoms with Crippen molar-refractivity contribution in [1.82, 2.24) is 10.2 Å². The van der Waals surface area contributed by atoms with Crippen LogP contribution in [0, 0.1) is 0 Å². The van der Waals surface area contributed by atoms with Gasteiger partial charge in [0.2, 0.25) is 5.91 Å². The highest BCUT2D eigenvalue weighted by Crippen LogP contribution is 2.20. The maximum Gasteiger partial charge on any atom is 0.251 e. The Morgan fingerprint density at radius 1 is 1.00 bits per heavy atom. The molecule has 0 radical (unpaired) electrons. The van der Waals surface area contributed by atoms with Crippen molar-refractivity contribution in [3.05, 3.63) is 59.7 Å². The number of nitrogens with zero attached hydrogens (tertiary/aromatic N) is 2. The standard InChI is InChI=1S/C23H29N3O3/c1-25(17-18-6-10-20(11-7-18)26-14-4-3-5-15-26)22(27)16-24-23(28)19-8-12-21(29-2)13-9-19/h6-13H,3-5,14-17H2,1-2H3,(H,24,28). The largest absolute Gasteiger partial charge is 0.497 e. The topological polar surface area (TPSA) is 61.9 Å². The molecule has 1 N–H and O–H groups in total. The molecule has 1 aliphatic rings. The van der Waals surface area contributed by atoms with Crippen molar-refractivity contribution in [2.75, 3.05) is 38.7 Å². The van der Waals surface area contributed by atoms with Crippen molar-refractivity contribution in [3.8, 4) is 5.75 Å². The van der Waals surface area contributed by atoms with Gasteiger partial charge in [-0.15, -0.1) is 0 Å². The fourth-order valence-electron chi connectivity index (χ4n) is 3.46. The highest BCUT2D eigenvalue weighted by molar-refractivity contribution is 5.96. The summed E-state index contributed by atoms with van der Waals surface area (Å²) in [5.74, 6) is 0.274. The molecule has 0 bridgehead atoms. The number of nitrogens with one attached hydrogen (secondary N) is 1. The molecule has 1 aliphatic heterocycles. The van der Waals surface area contributed by atoms with E-state index in [1.54, 1.807) is 43.3 Å². The third-order valence-electron chi connectivity index (χ3n) is 5.26. The third-order valence-corrected chi connectivity index (χ3v) is 5.26. The zero-order valence-electron chi connectivity index (χ0n) is 17.2. The van der Waals surface area contributed by atoms with Gasteiger partial charge in [-0.1, -0.05) is 12.1 Å². The van der Waals surface area contributed by atoms with E-state index in [9.17, 15) is 9.59 Å². The van der Waals surface area contributed by atoms with E-state index in [0.717, 1.165) is 18.7 Å². The van der Waals surface area contributed by atoms with Gasteiger partial charge in [-0.3, -0.25) is 9.59 Å². The number of ether oxygens (including phenoxy) is 1. The Balaban J connectivity index is 1.47. The lowest BCUT2D eigenvalue weighted by Crippen LogP contribution is -2.37. The lowest BCUT2D eigenvalue weighted by Gasteiger charge is -2.29. The van der Waals surface area contributed by atoms with Gasteiger partial charge in [0.1, 0.15) is 5.75 Å². The van der Waals surface area contributed by atoms with Crippen LogP contribution in [0.5, 0.6) is 5.75 Å². The minimum Gasteiger partial charge on any atom is -0.497 e. The summed E-state index contributed by atoms with van der Waals surface area (Å²) in [6.45, 7) is 2.71. The first kappa shape index (κ1) is 20.7. The number of anilines is 1. The van der Waals surface area contributed by atoms with Gasteiger partial charge in [-0.05, 0) is 61.2 Å². The molecule has 0 atom stereocenters. The average molecular weight is 396 g/mol. The van der Waals surface area contributed by atoms with E-state index in [4.69, 9.17) is 4.74 Å². The summed E-state index contributed by atoms with van der Waals surface area (Å²) in [6, 6.07) is 15.2. The zero-order valence-corrected chi connectivity index (χ0v) is 17.2. The predicted octanol–water partition coefficient (Wildman–Crippen LogP) is 3.07. The molecule has 1 saturated heterocycles. The molecule has 1 fully saturated rings. The quantitative estimate of drug-likeness (QED) is 0.783. The summed E-state index contributed by atoms with van der Waals surface area (Å²) >= 11 is 0. The second kappa shape index (κ2) is 9.96. The number of piperidine rings is 1. The molecule has 2 aromatic carbocycles. The van der Waals surface area contributed by atoms with Crippen molar-refractivity contribution < 1.29 is 14.3 Å². The number of hydrogen-bond acceptors (Lipinski definition) is 4. The Morgan fingerprint density at radius 2 is 1.66 bits per heavy atom. The number of benzene rings is 2. The normalized spacial score (nSPS) is 13.7. The first-order chi connectivity index (χ1) is 14.1. The van der Waals surface area contributed by atoms with Gasteiger partial charge in [0.05, 0.1) is 13.7 Å².